The van der Waals surface area contributed by atoms with Gasteiger partial charge in [0.15, 0.2) is 0 Å². The van der Waals surface area contributed by atoms with Crippen molar-refractivity contribution in [1.82, 2.24) is 0 Å². The van der Waals surface area contributed by atoms with Gasteiger partial charge in [-0.15, -0.1) is 45.3 Å². The number of fused-ring (bicyclic) bond motifs is 4. The Balaban J connectivity index is 1.57. The average Bonchev–Trinajstić information content (AvgIpc) is 3.52. The molecule has 0 unspecified atom stereocenters. The number of hydrogen-bond donors (Lipinski definition) is 0. The molecule has 4 aromatic heterocycles. The molecular formula is C27H24S4. The van der Waals surface area contributed by atoms with E-state index in [0.29, 0.717) is 0 Å². The van der Waals surface area contributed by atoms with E-state index in [2.05, 4.69) is 60.8 Å². The van der Waals surface area contributed by atoms with Gasteiger partial charge < -0.3 is 0 Å². The van der Waals surface area contributed by atoms with Crippen LogP contribution in [0.3, 0.4) is 0 Å². The lowest BCUT2D eigenvalue weighted by Crippen LogP contribution is -1.96. The Morgan fingerprint density at radius 3 is 1.58 bits per heavy atom. The van der Waals surface area contributed by atoms with Gasteiger partial charge in [0.25, 0.3) is 0 Å². The number of thiophene rings is 4. The molecule has 0 atom stereocenters. The molecule has 0 N–H and O–H groups in total. The second kappa shape index (κ2) is 7.02. The summed E-state index contributed by atoms with van der Waals surface area (Å²) in [5.41, 5.74) is 6.25. The summed E-state index contributed by atoms with van der Waals surface area (Å²) in [7, 11) is 0. The molecule has 0 spiro atoms. The Labute approximate surface area is 199 Å². The van der Waals surface area contributed by atoms with E-state index >= 15 is 0 Å². The van der Waals surface area contributed by atoms with Gasteiger partial charge in [0.05, 0.1) is 0 Å². The molecule has 4 heterocycles. The highest BCUT2D eigenvalue weighted by Gasteiger charge is 2.25. The molecule has 0 aliphatic heterocycles. The van der Waals surface area contributed by atoms with Gasteiger partial charge in [-0.25, -0.2) is 0 Å². The summed E-state index contributed by atoms with van der Waals surface area (Å²) < 4.78 is 3.01. The molecule has 31 heavy (non-hydrogen) atoms. The maximum Gasteiger partial charge on any atom is 0.0445 e. The SMILES string of the molecule is Cc1cc2c(-c3cc4c(s3)CCC4)c3sc(C)cc3c(-c3cc4c(s3)CCCC4)c2s1. The van der Waals surface area contributed by atoms with Crippen molar-refractivity contribution < 1.29 is 0 Å². The lowest BCUT2D eigenvalue weighted by molar-refractivity contribution is 0.697. The number of hydrogen-bond acceptors (Lipinski definition) is 4. The second-order valence-electron chi connectivity index (χ2n) is 9.13. The van der Waals surface area contributed by atoms with E-state index in [4.69, 9.17) is 0 Å². The molecule has 0 saturated heterocycles. The van der Waals surface area contributed by atoms with E-state index in [1.54, 1.807) is 20.9 Å². The molecule has 0 nitrogen and oxygen atoms in total. The zero-order chi connectivity index (χ0) is 20.7. The fourth-order valence-electron chi connectivity index (χ4n) is 5.57. The third kappa shape index (κ3) is 2.88. The van der Waals surface area contributed by atoms with Crippen LogP contribution in [0, 0.1) is 13.8 Å². The van der Waals surface area contributed by atoms with Gasteiger partial charge in [-0.3, -0.25) is 0 Å². The summed E-state index contributed by atoms with van der Waals surface area (Å²) in [4.78, 5) is 9.13. The van der Waals surface area contributed by atoms with Crippen LogP contribution in [0.2, 0.25) is 0 Å². The molecule has 0 saturated carbocycles. The van der Waals surface area contributed by atoms with Crippen LogP contribution >= 0.6 is 45.3 Å². The fourth-order valence-corrected chi connectivity index (χ4v) is 10.5. The zero-order valence-corrected chi connectivity index (χ0v) is 21.2. The van der Waals surface area contributed by atoms with Gasteiger partial charge in [-0.05, 0) is 94.2 Å². The Bertz CT molecular complexity index is 1380. The quantitative estimate of drug-likeness (QED) is 0.238. The van der Waals surface area contributed by atoms with E-state index in [0.717, 1.165) is 0 Å². The van der Waals surface area contributed by atoms with Crippen molar-refractivity contribution in [3.63, 3.8) is 0 Å². The van der Waals surface area contributed by atoms with Gasteiger partial charge in [0.1, 0.15) is 0 Å². The van der Waals surface area contributed by atoms with Crippen LogP contribution in [0.5, 0.6) is 0 Å². The Hall–Kier alpha value is -1.46. The van der Waals surface area contributed by atoms with Crippen molar-refractivity contribution in [1.29, 1.82) is 0 Å². The standard InChI is InChI=1S/C27H24S4/c1-14-10-18-24(22-12-16-6-3-4-8-20(16)30-22)26-19(11-15(2)28-26)25(27(18)29-14)23-13-17-7-5-9-21(17)31-23/h10-13H,3-9H2,1-2H3. The maximum absolute atomic E-state index is 2.54. The third-order valence-electron chi connectivity index (χ3n) is 6.94. The Kier molecular flexibility index (Phi) is 4.31. The lowest BCUT2D eigenvalue weighted by atomic mass is 9.96. The fraction of sp³-hybridized carbons (Fsp3) is 0.333. The molecule has 2 aliphatic rings. The van der Waals surface area contributed by atoms with Gasteiger partial charge in [0, 0.05) is 60.6 Å². The van der Waals surface area contributed by atoms with E-state index in [1.165, 1.54) is 95.8 Å². The first-order valence-electron chi connectivity index (χ1n) is 11.4. The largest absolute Gasteiger partial charge is 0.140 e. The van der Waals surface area contributed by atoms with Crippen molar-refractivity contribution in [3.8, 4) is 20.9 Å². The minimum Gasteiger partial charge on any atom is -0.140 e. The van der Waals surface area contributed by atoms with Crippen molar-refractivity contribution in [2.24, 2.45) is 0 Å². The summed E-state index contributed by atoms with van der Waals surface area (Å²) >= 11 is 8.13. The van der Waals surface area contributed by atoms with Crippen molar-refractivity contribution >= 4 is 65.5 Å². The first-order valence-corrected chi connectivity index (χ1v) is 14.6. The molecule has 0 fully saturated rings. The summed E-state index contributed by atoms with van der Waals surface area (Å²) in [6.07, 6.45) is 9.13. The highest BCUT2D eigenvalue weighted by Crippen LogP contribution is 2.52. The normalized spacial score (nSPS) is 15.8. The lowest BCUT2D eigenvalue weighted by Gasteiger charge is -2.10. The highest BCUT2D eigenvalue weighted by molar-refractivity contribution is 7.23. The number of benzene rings is 1. The Morgan fingerprint density at radius 2 is 1.03 bits per heavy atom. The predicted octanol–water partition coefficient (Wildman–Crippen LogP) is 9.56. The average molecular weight is 477 g/mol. The van der Waals surface area contributed by atoms with Crippen LogP contribution in [-0.2, 0) is 25.7 Å². The van der Waals surface area contributed by atoms with Crippen LogP contribution in [0.15, 0.2) is 24.3 Å². The van der Waals surface area contributed by atoms with Gasteiger partial charge in [-0.2, -0.15) is 0 Å². The first kappa shape index (κ1) is 19.0. The van der Waals surface area contributed by atoms with Crippen molar-refractivity contribution in [2.75, 3.05) is 0 Å². The molecule has 5 aromatic rings. The smallest absolute Gasteiger partial charge is 0.0445 e. The minimum atomic E-state index is 1.27. The molecule has 4 heteroatoms. The summed E-state index contributed by atoms with van der Waals surface area (Å²) in [5, 5.41) is 2.97. The van der Waals surface area contributed by atoms with Gasteiger partial charge in [-0.1, -0.05) is 0 Å². The molecule has 156 valence electrons. The van der Waals surface area contributed by atoms with Crippen LogP contribution in [0.25, 0.3) is 41.1 Å². The zero-order valence-electron chi connectivity index (χ0n) is 17.9. The predicted molar refractivity (Wildman–Crippen MR) is 142 cm³/mol. The topological polar surface area (TPSA) is 0 Å². The van der Waals surface area contributed by atoms with E-state index < -0.39 is 0 Å². The third-order valence-corrected chi connectivity index (χ3v) is 11.6. The van der Waals surface area contributed by atoms with Gasteiger partial charge in [0.2, 0.25) is 0 Å². The first-order chi connectivity index (χ1) is 15.2. The molecule has 0 bridgehead atoms. The molecule has 0 radical (unpaired) electrons. The van der Waals surface area contributed by atoms with Crippen LogP contribution in [0.4, 0.5) is 0 Å². The number of aryl methyl sites for hydroxylation is 6. The van der Waals surface area contributed by atoms with Crippen molar-refractivity contribution in [2.45, 2.75) is 58.8 Å². The summed E-state index contributed by atoms with van der Waals surface area (Å²) in [6, 6.07) is 9.99. The monoisotopic (exact) mass is 476 g/mol. The van der Waals surface area contributed by atoms with Crippen LogP contribution in [-0.4, -0.2) is 0 Å². The maximum atomic E-state index is 2.54. The van der Waals surface area contributed by atoms with Crippen LogP contribution < -0.4 is 0 Å². The van der Waals surface area contributed by atoms with E-state index in [9.17, 15) is 0 Å². The van der Waals surface area contributed by atoms with Crippen molar-refractivity contribution in [3.05, 3.63) is 54.9 Å². The van der Waals surface area contributed by atoms with Crippen LogP contribution in [0.1, 0.15) is 49.9 Å². The van der Waals surface area contributed by atoms with E-state index in [1.807, 2.05) is 22.7 Å². The molecular weight excluding hydrogens is 453 g/mol. The molecule has 2 aliphatic carbocycles. The summed E-state index contributed by atoms with van der Waals surface area (Å²) in [6.45, 7) is 4.57. The number of rotatable bonds is 2. The minimum absolute atomic E-state index is 1.27. The summed E-state index contributed by atoms with van der Waals surface area (Å²) in [5.74, 6) is 0. The van der Waals surface area contributed by atoms with Gasteiger partial charge >= 0.3 is 0 Å². The molecule has 7 rings (SSSR count). The molecule has 1 aromatic carbocycles. The Morgan fingerprint density at radius 1 is 0.548 bits per heavy atom. The second-order valence-corrected chi connectivity index (χ2v) is 13.9. The molecule has 0 amide bonds. The highest BCUT2D eigenvalue weighted by atomic mass is 32.1. The van der Waals surface area contributed by atoms with E-state index in [-0.39, 0.29) is 0 Å².